The molecule has 0 saturated carbocycles. The largest absolute Gasteiger partial charge is 0.479 e. The Morgan fingerprint density at radius 3 is 2.72 bits per heavy atom. The van der Waals surface area contributed by atoms with Gasteiger partial charge in [0.15, 0.2) is 6.61 Å². The van der Waals surface area contributed by atoms with E-state index < -0.39 is 18.6 Å². The van der Waals surface area contributed by atoms with Crippen molar-refractivity contribution in [2.45, 2.75) is 13.0 Å². The Kier molecular flexibility index (Phi) is 6.40. The molecule has 8 heteroatoms. The molecule has 0 spiro atoms. The molecule has 0 aliphatic carbocycles. The average Bonchev–Trinajstić information content (AvgIpc) is 2.29. The molecule has 0 bridgehead atoms. The van der Waals surface area contributed by atoms with E-state index in [4.69, 9.17) is 9.84 Å². The number of hydrogen-bond acceptors (Lipinski definition) is 5. The highest BCUT2D eigenvalue weighted by Gasteiger charge is 2.15. The maximum absolute atomic E-state index is 11.3. The van der Waals surface area contributed by atoms with Crippen molar-refractivity contribution < 1.29 is 24.3 Å². The van der Waals surface area contributed by atoms with Crippen LogP contribution in [0.4, 0.5) is 4.79 Å². The van der Waals surface area contributed by atoms with Crippen LogP contribution >= 0.6 is 0 Å². The SMILES string of the molecule is CC(CN1CCOCC1)NC(=O)NOCC(=O)O. The molecule has 2 amide bonds. The van der Waals surface area contributed by atoms with Gasteiger partial charge in [0.2, 0.25) is 0 Å². The lowest BCUT2D eigenvalue weighted by Gasteiger charge is -2.29. The van der Waals surface area contributed by atoms with Gasteiger partial charge in [0.05, 0.1) is 13.2 Å². The highest BCUT2D eigenvalue weighted by Crippen LogP contribution is 1.98. The number of carbonyl (C=O) groups is 2. The van der Waals surface area contributed by atoms with Gasteiger partial charge in [-0.15, -0.1) is 0 Å². The molecule has 1 aliphatic heterocycles. The van der Waals surface area contributed by atoms with Crippen LogP contribution in [0.5, 0.6) is 0 Å². The predicted octanol–water partition coefficient (Wildman–Crippen LogP) is -0.977. The molecule has 8 nitrogen and oxygen atoms in total. The van der Waals surface area contributed by atoms with Gasteiger partial charge in [-0.3, -0.25) is 9.74 Å². The summed E-state index contributed by atoms with van der Waals surface area (Å²) in [6.07, 6.45) is 0. The van der Waals surface area contributed by atoms with Crippen molar-refractivity contribution in [3.05, 3.63) is 0 Å². The Morgan fingerprint density at radius 1 is 1.44 bits per heavy atom. The molecule has 1 atom stereocenters. The first kappa shape index (κ1) is 14.7. The van der Waals surface area contributed by atoms with Gasteiger partial charge in [0.25, 0.3) is 0 Å². The lowest BCUT2D eigenvalue weighted by atomic mass is 10.3. The fourth-order valence-electron chi connectivity index (χ4n) is 1.63. The summed E-state index contributed by atoms with van der Waals surface area (Å²) in [5.41, 5.74) is 2.01. The molecule has 0 aromatic carbocycles. The molecule has 1 aliphatic rings. The molecule has 1 saturated heterocycles. The van der Waals surface area contributed by atoms with Crippen LogP contribution in [0.1, 0.15) is 6.92 Å². The van der Waals surface area contributed by atoms with E-state index in [1.807, 2.05) is 12.4 Å². The minimum Gasteiger partial charge on any atom is -0.479 e. The summed E-state index contributed by atoms with van der Waals surface area (Å²) >= 11 is 0. The maximum atomic E-state index is 11.3. The summed E-state index contributed by atoms with van der Waals surface area (Å²) < 4.78 is 5.22. The number of nitrogens with zero attached hydrogens (tertiary/aromatic N) is 1. The van der Waals surface area contributed by atoms with Gasteiger partial charge in [-0.2, -0.15) is 0 Å². The van der Waals surface area contributed by atoms with Crippen molar-refractivity contribution in [2.75, 3.05) is 39.5 Å². The number of carbonyl (C=O) groups excluding carboxylic acids is 1. The number of ether oxygens (including phenoxy) is 1. The van der Waals surface area contributed by atoms with E-state index in [1.165, 1.54) is 0 Å². The van der Waals surface area contributed by atoms with Crippen molar-refractivity contribution in [2.24, 2.45) is 0 Å². The summed E-state index contributed by atoms with van der Waals surface area (Å²) in [4.78, 5) is 28.1. The molecule has 1 rings (SSSR count). The number of aliphatic carboxylic acids is 1. The van der Waals surface area contributed by atoms with E-state index in [0.717, 1.165) is 19.6 Å². The van der Waals surface area contributed by atoms with Gasteiger partial charge >= 0.3 is 12.0 Å². The number of carboxylic acid groups (broad SMARTS) is 1. The lowest BCUT2D eigenvalue weighted by molar-refractivity contribution is -0.144. The third kappa shape index (κ3) is 6.38. The number of rotatable bonds is 6. The highest BCUT2D eigenvalue weighted by atomic mass is 16.7. The molecule has 18 heavy (non-hydrogen) atoms. The molecule has 0 aromatic heterocycles. The van der Waals surface area contributed by atoms with Crippen LogP contribution in [0.15, 0.2) is 0 Å². The Bertz CT molecular complexity index is 281. The maximum Gasteiger partial charge on any atom is 0.338 e. The Hall–Kier alpha value is -1.38. The van der Waals surface area contributed by atoms with E-state index in [2.05, 4.69) is 15.1 Å². The minimum absolute atomic E-state index is 0.0588. The van der Waals surface area contributed by atoms with Gasteiger partial charge in [0.1, 0.15) is 0 Å². The van der Waals surface area contributed by atoms with Crippen molar-refractivity contribution in [3.63, 3.8) is 0 Å². The predicted molar refractivity (Wildman–Crippen MR) is 62.0 cm³/mol. The smallest absolute Gasteiger partial charge is 0.338 e. The van der Waals surface area contributed by atoms with E-state index >= 15 is 0 Å². The lowest BCUT2D eigenvalue weighted by Crippen LogP contribution is -2.48. The van der Waals surface area contributed by atoms with Crippen LogP contribution in [0.3, 0.4) is 0 Å². The summed E-state index contributed by atoms with van der Waals surface area (Å²) in [7, 11) is 0. The fraction of sp³-hybridized carbons (Fsp3) is 0.800. The molecule has 1 unspecified atom stereocenters. The van der Waals surface area contributed by atoms with Crippen LogP contribution in [0.2, 0.25) is 0 Å². The molecule has 0 radical (unpaired) electrons. The Morgan fingerprint density at radius 2 is 2.11 bits per heavy atom. The number of urea groups is 1. The molecular weight excluding hydrogens is 242 g/mol. The Labute approximate surface area is 105 Å². The van der Waals surface area contributed by atoms with Crippen molar-refractivity contribution in [3.8, 4) is 0 Å². The first-order valence-electron chi connectivity index (χ1n) is 5.78. The number of morpholine rings is 1. The van der Waals surface area contributed by atoms with Crippen LogP contribution in [-0.4, -0.2) is 67.5 Å². The van der Waals surface area contributed by atoms with Gasteiger partial charge in [0, 0.05) is 25.7 Å². The number of hydrogen-bond donors (Lipinski definition) is 3. The van der Waals surface area contributed by atoms with E-state index in [9.17, 15) is 9.59 Å². The quantitative estimate of drug-likeness (QED) is 0.532. The fourth-order valence-corrected chi connectivity index (χ4v) is 1.63. The molecule has 0 aromatic rings. The summed E-state index contributed by atoms with van der Waals surface area (Å²) in [5.74, 6) is -1.14. The minimum atomic E-state index is -1.14. The van der Waals surface area contributed by atoms with Gasteiger partial charge in [-0.05, 0) is 6.92 Å². The standard InChI is InChI=1S/C10H19N3O5/c1-8(6-13-2-4-17-5-3-13)11-10(16)12-18-7-9(14)15/h8H,2-7H2,1H3,(H,14,15)(H2,11,12,16). The Balaban J connectivity index is 2.12. The first-order chi connectivity index (χ1) is 8.58. The zero-order valence-electron chi connectivity index (χ0n) is 10.3. The normalized spacial score (nSPS) is 18.1. The second kappa shape index (κ2) is 7.85. The van der Waals surface area contributed by atoms with E-state index in [0.29, 0.717) is 13.2 Å². The average molecular weight is 261 g/mol. The zero-order chi connectivity index (χ0) is 13.4. The zero-order valence-corrected chi connectivity index (χ0v) is 10.3. The van der Waals surface area contributed by atoms with Crippen LogP contribution < -0.4 is 10.8 Å². The summed E-state index contributed by atoms with van der Waals surface area (Å²) in [6.45, 7) is 5.14. The van der Waals surface area contributed by atoms with Gasteiger partial charge in [-0.25, -0.2) is 15.1 Å². The van der Waals surface area contributed by atoms with Gasteiger partial charge < -0.3 is 15.2 Å². The van der Waals surface area contributed by atoms with Crippen molar-refractivity contribution in [1.29, 1.82) is 0 Å². The second-order valence-electron chi connectivity index (χ2n) is 4.07. The molecule has 1 fully saturated rings. The topological polar surface area (TPSA) is 100 Å². The van der Waals surface area contributed by atoms with Gasteiger partial charge in [-0.1, -0.05) is 0 Å². The van der Waals surface area contributed by atoms with E-state index in [-0.39, 0.29) is 6.04 Å². The third-order valence-electron chi connectivity index (χ3n) is 2.37. The van der Waals surface area contributed by atoms with Crippen molar-refractivity contribution >= 4 is 12.0 Å². The molecule has 3 N–H and O–H groups in total. The molecule has 104 valence electrons. The highest BCUT2D eigenvalue weighted by molar-refractivity contribution is 5.73. The van der Waals surface area contributed by atoms with Crippen LogP contribution in [0, 0.1) is 0 Å². The number of nitrogens with one attached hydrogen (secondary N) is 2. The number of carboxylic acids is 1. The third-order valence-corrected chi connectivity index (χ3v) is 2.37. The summed E-state index contributed by atoms with van der Waals surface area (Å²) in [6, 6.07) is -0.603. The van der Waals surface area contributed by atoms with Crippen LogP contribution in [0.25, 0.3) is 0 Å². The first-order valence-corrected chi connectivity index (χ1v) is 5.78. The van der Waals surface area contributed by atoms with E-state index in [1.54, 1.807) is 0 Å². The summed E-state index contributed by atoms with van der Waals surface area (Å²) in [5, 5.41) is 11.0. The van der Waals surface area contributed by atoms with Crippen LogP contribution in [-0.2, 0) is 14.4 Å². The number of amides is 2. The molecular formula is C10H19N3O5. The monoisotopic (exact) mass is 261 g/mol. The van der Waals surface area contributed by atoms with Crippen molar-refractivity contribution in [1.82, 2.24) is 15.7 Å². The molecule has 1 heterocycles. The second-order valence-corrected chi connectivity index (χ2v) is 4.07. The number of hydroxylamine groups is 1.